The van der Waals surface area contributed by atoms with E-state index >= 15 is 0 Å². The van der Waals surface area contributed by atoms with Gasteiger partial charge in [0.15, 0.2) is 0 Å². The maximum Gasteiger partial charge on any atom is 0.414 e. The molecule has 0 unspecified atom stereocenters. The molecule has 7 nitrogen and oxygen atoms in total. The molecule has 0 spiro atoms. The van der Waals surface area contributed by atoms with Crippen LogP contribution in [0.1, 0.15) is 22.6 Å². The minimum Gasteiger partial charge on any atom is -0.473 e. The summed E-state index contributed by atoms with van der Waals surface area (Å²) in [5, 5.41) is 17.3. The highest BCUT2D eigenvalue weighted by Gasteiger charge is 2.29. The van der Waals surface area contributed by atoms with Crippen LogP contribution in [-0.4, -0.2) is 64.0 Å². The Morgan fingerprint density at radius 1 is 0.632 bits per heavy atom. The van der Waals surface area contributed by atoms with Gasteiger partial charge in [-0.15, -0.1) is 0 Å². The lowest BCUT2D eigenvalue weighted by atomic mass is 9.90. The first-order chi connectivity index (χ1) is 18.4. The summed E-state index contributed by atoms with van der Waals surface area (Å²) < 4.78 is 0. The lowest BCUT2D eigenvalue weighted by Crippen LogP contribution is -2.49. The number of amides is 1. The van der Waals surface area contributed by atoms with E-state index in [4.69, 9.17) is 19.8 Å². The number of benzene rings is 4. The number of aliphatic carboxylic acids is 2. The molecule has 1 heterocycles. The zero-order valence-corrected chi connectivity index (χ0v) is 20.9. The number of carbonyl (C=O) groups is 3. The smallest absolute Gasteiger partial charge is 0.414 e. The van der Waals surface area contributed by atoms with Gasteiger partial charge in [0.1, 0.15) is 0 Å². The van der Waals surface area contributed by atoms with E-state index in [0.29, 0.717) is 0 Å². The average Bonchev–Trinajstić information content (AvgIpc) is 2.95. The van der Waals surface area contributed by atoms with Crippen molar-refractivity contribution in [2.75, 3.05) is 26.2 Å². The molecule has 4 aromatic rings. The molecule has 38 heavy (non-hydrogen) atoms. The van der Waals surface area contributed by atoms with Gasteiger partial charge in [0.05, 0.1) is 5.92 Å². The molecule has 5 rings (SSSR count). The third kappa shape index (κ3) is 6.83. The van der Waals surface area contributed by atoms with Gasteiger partial charge >= 0.3 is 11.9 Å². The van der Waals surface area contributed by atoms with Crippen molar-refractivity contribution in [2.45, 2.75) is 12.5 Å². The quantitative estimate of drug-likeness (QED) is 0.385. The Morgan fingerprint density at radius 3 is 1.66 bits per heavy atom. The van der Waals surface area contributed by atoms with Crippen LogP contribution < -0.4 is 0 Å². The third-order valence-corrected chi connectivity index (χ3v) is 6.60. The molecule has 1 fully saturated rings. The lowest BCUT2D eigenvalue weighted by molar-refractivity contribution is -0.159. The molecule has 1 aliphatic rings. The van der Waals surface area contributed by atoms with Crippen molar-refractivity contribution in [3.63, 3.8) is 0 Å². The van der Waals surface area contributed by atoms with Gasteiger partial charge in [0.2, 0.25) is 5.91 Å². The van der Waals surface area contributed by atoms with Crippen molar-refractivity contribution in [3.05, 3.63) is 120 Å². The van der Waals surface area contributed by atoms with Gasteiger partial charge < -0.3 is 15.1 Å². The number of fused-ring (bicyclic) bond motifs is 1. The molecular weight excluding hydrogens is 480 g/mol. The molecule has 1 amide bonds. The first-order valence-corrected chi connectivity index (χ1v) is 12.5. The van der Waals surface area contributed by atoms with Crippen LogP contribution in [0.25, 0.3) is 10.8 Å². The predicted molar refractivity (Wildman–Crippen MR) is 146 cm³/mol. The first kappa shape index (κ1) is 26.6. The fourth-order valence-electron chi connectivity index (χ4n) is 4.67. The largest absolute Gasteiger partial charge is 0.473 e. The molecule has 1 saturated heterocycles. The normalized spacial score (nSPS) is 13.6. The SMILES string of the molecule is O=C(C(c1ccccc1)c1ccccc1)N1CCN(Cc2ccc3ccccc3c2)CC1.O=C(O)C(=O)O. The van der Waals surface area contributed by atoms with Crippen molar-refractivity contribution in [2.24, 2.45) is 0 Å². The van der Waals surface area contributed by atoms with Crippen molar-refractivity contribution in [1.82, 2.24) is 9.80 Å². The molecule has 194 valence electrons. The molecule has 0 atom stereocenters. The second kappa shape index (κ2) is 12.7. The number of rotatable bonds is 5. The van der Waals surface area contributed by atoms with E-state index in [1.54, 1.807) is 0 Å². The Bertz CT molecular complexity index is 1330. The Kier molecular flexibility index (Phi) is 8.85. The monoisotopic (exact) mass is 510 g/mol. The van der Waals surface area contributed by atoms with E-state index in [1.165, 1.54) is 16.3 Å². The highest BCUT2D eigenvalue weighted by atomic mass is 16.4. The second-order valence-electron chi connectivity index (χ2n) is 9.15. The molecule has 0 aromatic heterocycles. The highest BCUT2D eigenvalue weighted by Crippen LogP contribution is 2.27. The average molecular weight is 511 g/mol. The van der Waals surface area contributed by atoms with Gasteiger partial charge in [0.25, 0.3) is 0 Å². The summed E-state index contributed by atoms with van der Waals surface area (Å²) >= 11 is 0. The number of nitrogens with zero attached hydrogens (tertiary/aromatic N) is 2. The molecule has 0 saturated carbocycles. The Labute approximate surface area is 221 Å². The minimum absolute atomic E-state index is 0.202. The van der Waals surface area contributed by atoms with Crippen LogP contribution in [0.4, 0.5) is 0 Å². The van der Waals surface area contributed by atoms with Crippen LogP contribution in [0.5, 0.6) is 0 Å². The summed E-state index contributed by atoms with van der Waals surface area (Å²) in [4.78, 5) is 36.3. The molecule has 2 N–H and O–H groups in total. The van der Waals surface area contributed by atoms with Crippen LogP contribution >= 0.6 is 0 Å². The van der Waals surface area contributed by atoms with Crippen LogP contribution in [0.15, 0.2) is 103 Å². The van der Waals surface area contributed by atoms with E-state index in [9.17, 15) is 4.79 Å². The number of carboxylic acids is 2. The van der Waals surface area contributed by atoms with Crippen LogP contribution in [0, 0.1) is 0 Å². The fraction of sp³-hybridized carbons (Fsp3) is 0.194. The summed E-state index contributed by atoms with van der Waals surface area (Å²) in [5.41, 5.74) is 3.44. The topological polar surface area (TPSA) is 98.2 Å². The Balaban J connectivity index is 0.000000505. The van der Waals surface area contributed by atoms with Gasteiger partial charge in [-0.2, -0.15) is 0 Å². The van der Waals surface area contributed by atoms with E-state index in [0.717, 1.165) is 43.9 Å². The molecular formula is C31H30N2O5. The number of piperazine rings is 1. The first-order valence-electron chi connectivity index (χ1n) is 12.5. The zero-order valence-electron chi connectivity index (χ0n) is 20.9. The predicted octanol–water partition coefficient (Wildman–Crippen LogP) is 4.47. The fourth-order valence-corrected chi connectivity index (χ4v) is 4.67. The van der Waals surface area contributed by atoms with Gasteiger partial charge in [0, 0.05) is 32.7 Å². The van der Waals surface area contributed by atoms with Crippen LogP contribution in [-0.2, 0) is 20.9 Å². The highest BCUT2D eigenvalue weighted by molar-refractivity contribution is 6.27. The van der Waals surface area contributed by atoms with E-state index in [1.807, 2.05) is 41.3 Å². The molecule has 0 bridgehead atoms. The summed E-state index contributed by atoms with van der Waals surface area (Å²) in [5.74, 6) is -3.69. The van der Waals surface area contributed by atoms with Gasteiger partial charge in [-0.3, -0.25) is 9.69 Å². The van der Waals surface area contributed by atoms with Gasteiger partial charge in [-0.25, -0.2) is 9.59 Å². The molecule has 0 radical (unpaired) electrons. The van der Waals surface area contributed by atoms with E-state index < -0.39 is 11.9 Å². The van der Waals surface area contributed by atoms with E-state index in [-0.39, 0.29) is 11.8 Å². The van der Waals surface area contributed by atoms with Crippen LogP contribution in [0.3, 0.4) is 0 Å². The maximum atomic E-state index is 13.6. The van der Waals surface area contributed by atoms with Gasteiger partial charge in [-0.05, 0) is 33.5 Å². The number of hydrogen-bond donors (Lipinski definition) is 2. The van der Waals surface area contributed by atoms with Crippen molar-refractivity contribution in [1.29, 1.82) is 0 Å². The Hall–Kier alpha value is -4.49. The number of carboxylic acid groups (broad SMARTS) is 2. The van der Waals surface area contributed by atoms with Crippen LogP contribution in [0.2, 0.25) is 0 Å². The maximum absolute atomic E-state index is 13.6. The molecule has 1 aliphatic heterocycles. The zero-order chi connectivity index (χ0) is 26.9. The second-order valence-corrected chi connectivity index (χ2v) is 9.15. The summed E-state index contributed by atoms with van der Waals surface area (Å²) in [6, 6.07) is 35.5. The Morgan fingerprint density at radius 2 is 1.13 bits per heavy atom. The van der Waals surface area contributed by atoms with E-state index in [2.05, 4.69) is 71.6 Å². The van der Waals surface area contributed by atoms with Crippen molar-refractivity contribution >= 4 is 28.6 Å². The van der Waals surface area contributed by atoms with Crippen molar-refractivity contribution in [3.8, 4) is 0 Å². The third-order valence-electron chi connectivity index (χ3n) is 6.60. The summed E-state index contributed by atoms with van der Waals surface area (Å²) in [7, 11) is 0. The lowest BCUT2D eigenvalue weighted by Gasteiger charge is -2.36. The standard InChI is InChI=1S/C29H28N2O.C2H2O4/c32-29(28(25-10-3-1-4-11-25)26-12-5-2-6-13-26)31-19-17-30(18-20-31)22-23-15-16-24-9-7-8-14-27(24)21-23;3-1(4)2(5)6/h1-16,21,28H,17-20,22H2;(H,3,4)(H,5,6). The number of carbonyl (C=O) groups excluding carboxylic acids is 1. The van der Waals surface area contributed by atoms with Crippen molar-refractivity contribution < 1.29 is 24.6 Å². The molecule has 0 aliphatic carbocycles. The van der Waals surface area contributed by atoms with Gasteiger partial charge in [-0.1, -0.05) is 97.1 Å². The number of hydrogen-bond acceptors (Lipinski definition) is 4. The summed E-state index contributed by atoms with van der Waals surface area (Å²) in [6.45, 7) is 4.25. The molecule has 7 heteroatoms. The minimum atomic E-state index is -1.82. The summed E-state index contributed by atoms with van der Waals surface area (Å²) in [6.07, 6.45) is 0. The molecule has 4 aromatic carbocycles.